The third kappa shape index (κ3) is 3.36. The summed E-state index contributed by atoms with van der Waals surface area (Å²) in [6.45, 7) is 0.490. The highest BCUT2D eigenvalue weighted by Crippen LogP contribution is 2.18. The molecular weight excluding hydrogens is 278 g/mol. The van der Waals surface area contributed by atoms with Gasteiger partial charge in [-0.25, -0.2) is 15.8 Å². The normalized spacial score (nSPS) is 10.2. The third-order valence-corrected chi connectivity index (χ3v) is 3.06. The first-order chi connectivity index (χ1) is 10.8. The van der Waals surface area contributed by atoms with Crippen molar-refractivity contribution in [2.75, 3.05) is 5.43 Å². The molecule has 0 saturated carbocycles. The van der Waals surface area contributed by atoms with E-state index in [1.165, 1.54) is 0 Å². The molecule has 0 aliphatic heterocycles. The maximum atomic E-state index is 5.65. The van der Waals surface area contributed by atoms with Crippen molar-refractivity contribution >= 4 is 5.82 Å². The molecule has 0 fully saturated rings. The minimum atomic E-state index is 0.490. The van der Waals surface area contributed by atoms with Gasteiger partial charge >= 0.3 is 0 Å². The van der Waals surface area contributed by atoms with Crippen LogP contribution in [0.3, 0.4) is 0 Å². The Morgan fingerprint density at radius 1 is 0.909 bits per heavy atom. The Labute approximate surface area is 128 Å². The van der Waals surface area contributed by atoms with Gasteiger partial charge in [-0.3, -0.25) is 4.98 Å². The van der Waals surface area contributed by atoms with E-state index in [-0.39, 0.29) is 0 Å². The lowest BCUT2D eigenvalue weighted by molar-refractivity contribution is 0.294. The number of nitrogens with zero attached hydrogens (tertiary/aromatic N) is 3. The molecule has 2 heterocycles. The van der Waals surface area contributed by atoms with Gasteiger partial charge in [0.2, 0.25) is 5.88 Å². The van der Waals surface area contributed by atoms with Crippen molar-refractivity contribution in [1.82, 2.24) is 15.0 Å². The number of hydrogen-bond acceptors (Lipinski definition) is 6. The number of anilines is 1. The molecule has 0 radical (unpaired) electrons. The molecule has 0 amide bonds. The average Bonchev–Trinajstić information content (AvgIpc) is 2.61. The van der Waals surface area contributed by atoms with E-state index in [0.717, 1.165) is 16.8 Å². The van der Waals surface area contributed by atoms with E-state index in [9.17, 15) is 0 Å². The first-order valence-electron chi connectivity index (χ1n) is 6.77. The van der Waals surface area contributed by atoms with Gasteiger partial charge in [0.1, 0.15) is 6.61 Å². The molecular formula is C16H15N5O. The van der Waals surface area contributed by atoms with Gasteiger partial charge in [-0.05, 0) is 11.6 Å². The molecule has 1 aromatic carbocycles. The zero-order chi connectivity index (χ0) is 15.2. The SMILES string of the molecule is NNc1cnc(-c2ccc(OCc3ccccc3)nc2)cn1. The number of ether oxygens (including phenoxy) is 1. The topological polar surface area (TPSA) is 86.0 Å². The lowest BCUT2D eigenvalue weighted by atomic mass is 10.2. The monoisotopic (exact) mass is 293 g/mol. The van der Waals surface area contributed by atoms with Gasteiger partial charge in [0, 0.05) is 17.8 Å². The number of pyridine rings is 1. The van der Waals surface area contributed by atoms with E-state index in [0.29, 0.717) is 18.3 Å². The van der Waals surface area contributed by atoms with Crippen LogP contribution in [0.25, 0.3) is 11.3 Å². The standard InChI is InChI=1S/C16H15N5O/c17-21-15-10-18-14(9-19-15)13-6-7-16(20-8-13)22-11-12-4-2-1-3-5-12/h1-10H,11,17H2,(H,19,21). The molecule has 0 atom stereocenters. The number of hydrogen-bond donors (Lipinski definition) is 2. The van der Waals surface area contributed by atoms with Crippen LogP contribution in [0.4, 0.5) is 5.82 Å². The van der Waals surface area contributed by atoms with Gasteiger partial charge in [-0.1, -0.05) is 30.3 Å². The highest BCUT2D eigenvalue weighted by Gasteiger charge is 2.03. The zero-order valence-corrected chi connectivity index (χ0v) is 11.8. The van der Waals surface area contributed by atoms with Gasteiger partial charge in [-0.2, -0.15) is 0 Å². The second-order valence-electron chi connectivity index (χ2n) is 4.59. The van der Waals surface area contributed by atoms with Crippen LogP contribution in [-0.2, 0) is 6.61 Å². The molecule has 3 N–H and O–H groups in total. The average molecular weight is 293 g/mol. The van der Waals surface area contributed by atoms with Crippen molar-refractivity contribution in [3.05, 3.63) is 66.6 Å². The van der Waals surface area contributed by atoms with E-state index < -0.39 is 0 Å². The summed E-state index contributed by atoms with van der Waals surface area (Å²) in [6, 6.07) is 13.7. The number of rotatable bonds is 5. The molecule has 110 valence electrons. The fourth-order valence-electron chi connectivity index (χ4n) is 1.90. The molecule has 0 aliphatic carbocycles. The summed E-state index contributed by atoms with van der Waals surface area (Å²) in [4.78, 5) is 12.7. The van der Waals surface area contributed by atoms with Crippen molar-refractivity contribution in [2.45, 2.75) is 6.61 Å². The Morgan fingerprint density at radius 3 is 2.41 bits per heavy atom. The van der Waals surface area contributed by atoms with Crippen LogP contribution in [-0.4, -0.2) is 15.0 Å². The van der Waals surface area contributed by atoms with Crippen LogP contribution in [0, 0.1) is 0 Å². The second kappa shape index (κ2) is 6.64. The predicted molar refractivity (Wildman–Crippen MR) is 83.8 cm³/mol. The fraction of sp³-hybridized carbons (Fsp3) is 0.0625. The molecule has 2 aromatic heterocycles. The third-order valence-electron chi connectivity index (χ3n) is 3.06. The Morgan fingerprint density at radius 2 is 1.77 bits per heavy atom. The minimum absolute atomic E-state index is 0.490. The van der Waals surface area contributed by atoms with Gasteiger partial charge < -0.3 is 10.2 Å². The largest absolute Gasteiger partial charge is 0.473 e. The minimum Gasteiger partial charge on any atom is -0.473 e. The van der Waals surface area contributed by atoms with Crippen molar-refractivity contribution in [2.24, 2.45) is 5.84 Å². The van der Waals surface area contributed by atoms with Gasteiger partial charge in [-0.15, -0.1) is 0 Å². The Hall–Kier alpha value is -2.99. The first kappa shape index (κ1) is 14.0. The smallest absolute Gasteiger partial charge is 0.213 e. The lowest BCUT2D eigenvalue weighted by Gasteiger charge is -2.06. The number of hydrazine groups is 1. The van der Waals surface area contributed by atoms with Crippen molar-refractivity contribution in [1.29, 1.82) is 0 Å². The van der Waals surface area contributed by atoms with Crippen molar-refractivity contribution < 1.29 is 4.74 Å². The molecule has 3 rings (SSSR count). The molecule has 3 aromatic rings. The van der Waals surface area contributed by atoms with Crippen molar-refractivity contribution in [3.8, 4) is 17.1 Å². The summed E-state index contributed by atoms with van der Waals surface area (Å²) in [5, 5.41) is 0. The van der Waals surface area contributed by atoms with Crippen LogP contribution in [0.15, 0.2) is 61.1 Å². The van der Waals surface area contributed by atoms with E-state index >= 15 is 0 Å². The maximum Gasteiger partial charge on any atom is 0.213 e. The number of nitrogens with one attached hydrogen (secondary N) is 1. The Bertz CT molecular complexity index is 714. The van der Waals surface area contributed by atoms with Crippen LogP contribution >= 0.6 is 0 Å². The number of nitrogens with two attached hydrogens (primary N) is 1. The molecule has 0 unspecified atom stereocenters. The molecule has 0 saturated heterocycles. The molecule has 0 spiro atoms. The van der Waals surface area contributed by atoms with E-state index in [1.54, 1.807) is 18.6 Å². The van der Waals surface area contributed by atoms with E-state index in [4.69, 9.17) is 10.6 Å². The van der Waals surface area contributed by atoms with Crippen LogP contribution in [0.1, 0.15) is 5.56 Å². The number of benzene rings is 1. The Balaban J connectivity index is 1.67. The fourth-order valence-corrected chi connectivity index (χ4v) is 1.90. The van der Waals surface area contributed by atoms with E-state index in [2.05, 4.69) is 20.4 Å². The van der Waals surface area contributed by atoms with Crippen molar-refractivity contribution in [3.63, 3.8) is 0 Å². The molecule has 22 heavy (non-hydrogen) atoms. The highest BCUT2D eigenvalue weighted by molar-refractivity contribution is 5.57. The molecule has 6 nitrogen and oxygen atoms in total. The van der Waals surface area contributed by atoms with Crippen LogP contribution < -0.4 is 16.0 Å². The predicted octanol–water partition coefficient (Wildman–Crippen LogP) is 2.40. The molecule has 0 bridgehead atoms. The van der Waals surface area contributed by atoms with E-state index in [1.807, 2.05) is 42.5 Å². The summed E-state index contributed by atoms with van der Waals surface area (Å²) in [5.74, 6) is 6.34. The van der Waals surface area contributed by atoms with Gasteiger partial charge in [0.25, 0.3) is 0 Å². The highest BCUT2D eigenvalue weighted by atomic mass is 16.5. The second-order valence-corrected chi connectivity index (χ2v) is 4.59. The molecule has 0 aliphatic rings. The number of nitrogen functional groups attached to an aromatic ring is 1. The van der Waals surface area contributed by atoms with Crippen LogP contribution in [0.2, 0.25) is 0 Å². The summed E-state index contributed by atoms with van der Waals surface area (Å²) in [5.41, 5.74) is 5.13. The summed E-state index contributed by atoms with van der Waals surface area (Å²) < 4.78 is 5.65. The summed E-state index contributed by atoms with van der Waals surface area (Å²) in [7, 11) is 0. The zero-order valence-electron chi connectivity index (χ0n) is 11.8. The quantitative estimate of drug-likeness (QED) is 0.555. The first-order valence-corrected chi connectivity index (χ1v) is 6.77. The van der Waals surface area contributed by atoms with Gasteiger partial charge in [0.15, 0.2) is 5.82 Å². The Kier molecular flexibility index (Phi) is 4.22. The summed E-state index contributed by atoms with van der Waals surface area (Å²) in [6.07, 6.45) is 4.91. The summed E-state index contributed by atoms with van der Waals surface area (Å²) >= 11 is 0. The van der Waals surface area contributed by atoms with Crippen LogP contribution in [0.5, 0.6) is 5.88 Å². The molecule has 6 heteroatoms. The number of aromatic nitrogens is 3. The lowest BCUT2D eigenvalue weighted by Crippen LogP contribution is -2.08. The maximum absolute atomic E-state index is 5.65. The van der Waals surface area contributed by atoms with Gasteiger partial charge in [0.05, 0.1) is 18.1 Å².